The Morgan fingerprint density at radius 3 is 2.86 bits per heavy atom. The molecule has 1 N–H and O–H groups in total. The molecule has 0 bridgehead atoms. The number of alkyl halides is 1. The number of rotatable bonds is 5. The van der Waals surface area contributed by atoms with Gasteiger partial charge in [-0.15, -0.1) is 0 Å². The number of nitrogens with one attached hydrogen (secondary N) is 1. The van der Waals surface area contributed by atoms with Crippen molar-refractivity contribution >= 4 is 21.8 Å². The molecule has 14 heavy (non-hydrogen) atoms. The molecule has 0 spiro atoms. The summed E-state index contributed by atoms with van der Waals surface area (Å²) >= 11 is 3.43. The van der Waals surface area contributed by atoms with Crippen LogP contribution in [0.5, 0.6) is 0 Å². The van der Waals surface area contributed by atoms with Crippen LogP contribution >= 0.6 is 15.9 Å². The molecular weight excluding hydrogens is 244 g/mol. The largest absolute Gasteiger partial charge is 0.341 e. The van der Waals surface area contributed by atoms with Gasteiger partial charge in [-0.05, 0) is 5.92 Å². The van der Waals surface area contributed by atoms with Crippen LogP contribution in [0, 0.1) is 5.92 Å². The highest BCUT2D eigenvalue weighted by molar-refractivity contribution is 9.09. The van der Waals surface area contributed by atoms with E-state index in [0.717, 1.165) is 25.0 Å². The first-order valence-electron chi connectivity index (χ1n) is 5.20. The fraction of sp³-hybridized carbons (Fsp3) is 0.900. The van der Waals surface area contributed by atoms with Gasteiger partial charge in [0.1, 0.15) is 0 Å². The van der Waals surface area contributed by atoms with Crippen molar-refractivity contribution in [2.24, 2.45) is 5.92 Å². The fourth-order valence-electron chi connectivity index (χ4n) is 1.66. The number of halogens is 1. The Labute approximate surface area is 94.4 Å². The molecule has 4 heteroatoms. The number of carbonyl (C=O) groups excluding carboxylic acids is 1. The molecule has 0 aliphatic carbocycles. The Bertz CT molecular complexity index is 197. The number of hydrogen-bond donors (Lipinski definition) is 1. The first kappa shape index (κ1) is 12.0. The van der Waals surface area contributed by atoms with Gasteiger partial charge in [-0.1, -0.05) is 29.8 Å². The third-order valence-electron chi connectivity index (χ3n) is 2.45. The first-order valence-corrected chi connectivity index (χ1v) is 6.32. The number of nitrogens with zero attached hydrogens (tertiary/aromatic N) is 1. The lowest BCUT2D eigenvalue weighted by Gasteiger charge is -2.17. The van der Waals surface area contributed by atoms with Gasteiger partial charge in [-0.3, -0.25) is 4.79 Å². The fourth-order valence-corrected chi connectivity index (χ4v) is 2.10. The van der Waals surface area contributed by atoms with Gasteiger partial charge in [0.2, 0.25) is 5.91 Å². The lowest BCUT2D eigenvalue weighted by molar-refractivity contribution is -0.127. The molecule has 1 fully saturated rings. The molecule has 0 saturated carbocycles. The maximum Gasteiger partial charge on any atom is 0.222 e. The van der Waals surface area contributed by atoms with Gasteiger partial charge < -0.3 is 10.2 Å². The molecule has 1 saturated heterocycles. The Morgan fingerprint density at radius 1 is 1.64 bits per heavy atom. The van der Waals surface area contributed by atoms with E-state index in [4.69, 9.17) is 0 Å². The average molecular weight is 263 g/mol. The summed E-state index contributed by atoms with van der Waals surface area (Å²) < 4.78 is 0. The molecule has 1 atom stereocenters. The average Bonchev–Trinajstić information content (AvgIpc) is 2.47. The number of likely N-dealkylation sites (tertiary alicyclic amines) is 1. The summed E-state index contributed by atoms with van der Waals surface area (Å²) in [6.07, 6.45) is 0.715. The normalized spacial score (nSPS) is 22.4. The minimum atomic E-state index is 0.306. The summed E-state index contributed by atoms with van der Waals surface area (Å²) in [5.74, 6) is 0.821. The lowest BCUT2D eigenvalue weighted by atomic mass is 10.2. The molecule has 1 amide bonds. The number of hydrogen-bond acceptors (Lipinski definition) is 2. The third kappa shape index (κ3) is 3.58. The second kappa shape index (κ2) is 5.71. The summed E-state index contributed by atoms with van der Waals surface area (Å²) in [4.78, 5) is 13.5. The van der Waals surface area contributed by atoms with Crippen molar-refractivity contribution in [3.8, 4) is 0 Å². The van der Waals surface area contributed by atoms with Gasteiger partial charge in [0.05, 0.1) is 0 Å². The Morgan fingerprint density at radius 2 is 2.36 bits per heavy atom. The monoisotopic (exact) mass is 262 g/mol. The maximum absolute atomic E-state index is 11.5. The first-order chi connectivity index (χ1) is 6.63. The van der Waals surface area contributed by atoms with Crippen LogP contribution in [0.2, 0.25) is 0 Å². The van der Waals surface area contributed by atoms with Crippen molar-refractivity contribution in [1.29, 1.82) is 0 Å². The van der Waals surface area contributed by atoms with Gasteiger partial charge in [0, 0.05) is 37.4 Å². The molecule has 0 aromatic rings. The Hall–Kier alpha value is -0.0900. The van der Waals surface area contributed by atoms with E-state index >= 15 is 0 Å². The molecule has 0 aromatic carbocycles. The van der Waals surface area contributed by atoms with Crippen LogP contribution in [-0.2, 0) is 4.79 Å². The van der Waals surface area contributed by atoms with E-state index in [2.05, 4.69) is 35.1 Å². The molecule has 1 unspecified atom stereocenters. The smallest absolute Gasteiger partial charge is 0.222 e. The van der Waals surface area contributed by atoms with E-state index in [1.165, 1.54) is 0 Å². The summed E-state index contributed by atoms with van der Waals surface area (Å²) in [6, 6.07) is 0.500. The molecule has 1 aliphatic rings. The highest BCUT2D eigenvalue weighted by atomic mass is 79.9. The van der Waals surface area contributed by atoms with Crippen LogP contribution in [0.15, 0.2) is 0 Å². The zero-order chi connectivity index (χ0) is 10.6. The quantitative estimate of drug-likeness (QED) is 0.757. The molecule has 1 aliphatic heterocycles. The van der Waals surface area contributed by atoms with E-state index in [9.17, 15) is 4.79 Å². The van der Waals surface area contributed by atoms with Gasteiger partial charge in [-0.25, -0.2) is 0 Å². The van der Waals surface area contributed by atoms with Crippen LogP contribution in [-0.4, -0.2) is 41.8 Å². The van der Waals surface area contributed by atoms with E-state index in [1.54, 1.807) is 0 Å². The van der Waals surface area contributed by atoms with Crippen LogP contribution in [0.25, 0.3) is 0 Å². The molecule has 1 heterocycles. The van der Waals surface area contributed by atoms with Gasteiger partial charge in [0.15, 0.2) is 0 Å². The minimum Gasteiger partial charge on any atom is -0.341 e. The lowest BCUT2D eigenvalue weighted by Crippen LogP contribution is -2.35. The predicted molar refractivity (Wildman–Crippen MR) is 61.6 cm³/mol. The highest BCUT2D eigenvalue weighted by Crippen LogP contribution is 2.18. The molecule has 0 aromatic heterocycles. The van der Waals surface area contributed by atoms with Gasteiger partial charge >= 0.3 is 0 Å². The van der Waals surface area contributed by atoms with Crippen molar-refractivity contribution in [2.75, 3.05) is 25.0 Å². The highest BCUT2D eigenvalue weighted by Gasteiger charge is 2.27. The number of carbonyl (C=O) groups is 1. The zero-order valence-corrected chi connectivity index (χ0v) is 10.5. The summed E-state index contributed by atoms with van der Waals surface area (Å²) in [6.45, 7) is 6.91. The van der Waals surface area contributed by atoms with Crippen molar-refractivity contribution in [1.82, 2.24) is 10.2 Å². The molecule has 1 rings (SSSR count). The molecule has 0 radical (unpaired) electrons. The molecular formula is C10H19BrN2O. The maximum atomic E-state index is 11.5. The Balaban J connectivity index is 2.21. The van der Waals surface area contributed by atoms with Crippen LogP contribution < -0.4 is 5.32 Å². The summed E-state index contributed by atoms with van der Waals surface area (Å²) in [5.41, 5.74) is 0. The van der Waals surface area contributed by atoms with Crippen molar-refractivity contribution in [2.45, 2.75) is 26.3 Å². The molecule has 82 valence electrons. The zero-order valence-electron chi connectivity index (χ0n) is 8.92. The van der Waals surface area contributed by atoms with Crippen LogP contribution in [0.1, 0.15) is 20.3 Å². The van der Waals surface area contributed by atoms with Crippen molar-refractivity contribution in [3.63, 3.8) is 0 Å². The van der Waals surface area contributed by atoms with E-state index < -0.39 is 0 Å². The summed E-state index contributed by atoms with van der Waals surface area (Å²) in [5, 5.41) is 4.26. The Kier molecular flexibility index (Phi) is 4.89. The van der Waals surface area contributed by atoms with E-state index in [0.29, 0.717) is 24.3 Å². The second-order valence-electron chi connectivity index (χ2n) is 4.17. The van der Waals surface area contributed by atoms with E-state index in [1.807, 2.05) is 4.90 Å². The summed E-state index contributed by atoms with van der Waals surface area (Å²) in [7, 11) is 0. The van der Waals surface area contributed by atoms with Crippen molar-refractivity contribution < 1.29 is 4.79 Å². The standard InChI is InChI=1S/C10H19BrN2O/c1-8(2)12-3-4-13-7-9(6-11)5-10(13)14/h8-9,12H,3-7H2,1-2H3. The molecule has 3 nitrogen and oxygen atoms in total. The third-order valence-corrected chi connectivity index (χ3v) is 3.36. The minimum absolute atomic E-state index is 0.306. The second-order valence-corrected chi connectivity index (χ2v) is 4.82. The topological polar surface area (TPSA) is 32.3 Å². The van der Waals surface area contributed by atoms with Crippen LogP contribution in [0.3, 0.4) is 0 Å². The predicted octanol–water partition coefficient (Wildman–Crippen LogP) is 1.23. The van der Waals surface area contributed by atoms with Crippen LogP contribution in [0.4, 0.5) is 0 Å². The van der Waals surface area contributed by atoms with Gasteiger partial charge in [0.25, 0.3) is 0 Å². The SMILES string of the molecule is CC(C)NCCN1CC(CBr)CC1=O. The van der Waals surface area contributed by atoms with E-state index in [-0.39, 0.29) is 0 Å². The number of amides is 1. The van der Waals surface area contributed by atoms with Gasteiger partial charge in [-0.2, -0.15) is 0 Å². The van der Waals surface area contributed by atoms with Crippen molar-refractivity contribution in [3.05, 3.63) is 0 Å².